The van der Waals surface area contributed by atoms with Crippen LogP contribution in [-0.2, 0) is 17.3 Å². The topological polar surface area (TPSA) is 81.8 Å². The summed E-state index contributed by atoms with van der Waals surface area (Å²) in [5, 5.41) is 12.4. The second-order valence-electron chi connectivity index (χ2n) is 9.27. The van der Waals surface area contributed by atoms with Crippen LogP contribution in [0.25, 0.3) is 27.7 Å². The normalized spacial score (nSPS) is 11.6. The van der Waals surface area contributed by atoms with E-state index >= 15 is 0 Å². The first-order chi connectivity index (χ1) is 17.6. The molecule has 1 amide bonds. The zero-order valence-electron chi connectivity index (χ0n) is 20.4. The van der Waals surface area contributed by atoms with Gasteiger partial charge in [0.25, 0.3) is 5.56 Å². The smallest absolute Gasteiger partial charge is 0.279 e. The van der Waals surface area contributed by atoms with Gasteiger partial charge in [-0.25, -0.2) is 8.78 Å². The zero-order chi connectivity index (χ0) is 26.3. The lowest BCUT2D eigenvalue weighted by Gasteiger charge is -2.24. The quantitative estimate of drug-likeness (QED) is 0.370. The van der Waals surface area contributed by atoms with Crippen molar-refractivity contribution in [1.29, 1.82) is 0 Å². The van der Waals surface area contributed by atoms with Crippen LogP contribution >= 0.6 is 0 Å². The molecule has 0 spiro atoms. The molecule has 1 N–H and O–H groups in total. The fourth-order valence-electron chi connectivity index (χ4n) is 4.18. The van der Waals surface area contributed by atoms with Crippen molar-refractivity contribution in [3.8, 4) is 16.9 Å². The van der Waals surface area contributed by atoms with Gasteiger partial charge in [0.15, 0.2) is 5.82 Å². The van der Waals surface area contributed by atoms with Crippen LogP contribution in [0.1, 0.15) is 19.4 Å². The third kappa shape index (κ3) is 4.40. The summed E-state index contributed by atoms with van der Waals surface area (Å²) in [6.07, 6.45) is 3.27. The minimum Gasteiger partial charge on any atom is -0.323 e. The molecule has 0 aliphatic carbocycles. The molecule has 2 heterocycles. The molecular formula is C28H23F2N5O2. The van der Waals surface area contributed by atoms with Gasteiger partial charge in [-0.1, -0.05) is 36.4 Å². The van der Waals surface area contributed by atoms with Crippen LogP contribution in [0.3, 0.4) is 0 Å². The van der Waals surface area contributed by atoms with Crippen LogP contribution in [0.5, 0.6) is 0 Å². The Bertz CT molecular complexity index is 1720. The number of aryl methyl sites for hydroxylation is 1. The summed E-state index contributed by atoms with van der Waals surface area (Å²) in [7, 11) is 1.76. The van der Waals surface area contributed by atoms with Crippen molar-refractivity contribution in [2.45, 2.75) is 19.3 Å². The number of carbonyl (C=O) groups is 1. The maximum Gasteiger partial charge on any atom is 0.279 e. The highest BCUT2D eigenvalue weighted by atomic mass is 19.1. The zero-order valence-corrected chi connectivity index (χ0v) is 20.4. The molecule has 9 heteroatoms. The molecule has 7 nitrogen and oxygen atoms in total. The van der Waals surface area contributed by atoms with Crippen molar-refractivity contribution < 1.29 is 13.6 Å². The van der Waals surface area contributed by atoms with Crippen molar-refractivity contribution in [3.63, 3.8) is 0 Å². The van der Waals surface area contributed by atoms with E-state index in [0.29, 0.717) is 39.3 Å². The standard InChI is InChI=1S/C28H23F2N5O2/c1-28(2,27(37)32-20-15-31-34(3)16-20)18-8-6-7-17(13-18)25-21-9-4-5-10-22(21)26(36)35(33-25)24-12-11-19(29)14-23(24)30/h4-16H,1-3H3,(H,32,37). The number of hydrogen-bond acceptors (Lipinski definition) is 4. The van der Waals surface area contributed by atoms with E-state index in [1.54, 1.807) is 68.3 Å². The highest BCUT2D eigenvalue weighted by molar-refractivity contribution is 5.99. The fraction of sp³-hybridized carbons (Fsp3) is 0.143. The lowest BCUT2D eigenvalue weighted by molar-refractivity contribution is -0.120. The van der Waals surface area contributed by atoms with Crippen molar-refractivity contribution >= 4 is 22.4 Å². The average molecular weight is 500 g/mol. The van der Waals surface area contributed by atoms with E-state index in [1.807, 2.05) is 18.2 Å². The molecule has 0 atom stereocenters. The van der Waals surface area contributed by atoms with E-state index in [-0.39, 0.29) is 11.6 Å². The first-order valence-corrected chi connectivity index (χ1v) is 11.5. The lowest BCUT2D eigenvalue weighted by atomic mass is 9.82. The molecule has 0 saturated heterocycles. The number of amides is 1. The number of benzene rings is 3. The molecule has 37 heavy (non-hydrogen) atoms. The van der Waals surface area contributed by atoms with Gasteiger partial charge in [0.05, 0.1) is 28.4 Å². The van der Waals surface area contributed by atoms with E-state index in [9.17, 15) is 18.4 Å². The maximum absolute atomic E-state index is 14.6. The third-order valence-electron chi connectivity index (χ3n) is 6.33. The molecule has 5 rings (SSSR count). The van der Waals surface area contributed by atoms with Crippen LogP contribution < -0.4 is 10.9 Å². The van der Waals surface area contributed by atoms with Crippen molar-refractivity contribution in [3.05, 3.63) is 107 Å². The van der Waals surface area contributed by atoms with E-state index in [1.165, 1.54) is 6.07 Å². The van der Waals surface area contributed by atoms with E-state index in [0.717, 1.165) is 10.7 Å². The SMILES string of the molecule is Cn1cc(NC(=O)C(C)(C)c2cccc(-c3nn(-c4ccc(F)cc4F)c(=O)c4ccccc34)c2)cn1. The summed E-state index contributed by atoms with van der Waals surface area (Å²) in [6, 6.07) is 17.1. The molecule has 0 radical (unpaired) electrons. The number of halogens is 2. The Morgan fingerprint density at radius 1 is 0.973 bits per heavy atom. The van der Waals surface area contributed by atoms with Gasteiger partial charge in [-0.05, 0) is 43.7 Å². The largest absolute Gasteiger partial charge is 0.323 e. The van der Waals surface area contributed by atoms with Crippen LogP contribution in [-0.4, -0.2) is 25.5 Å². The molecule has 0 aliphatic heterocycles. The molecule has 3 aromatic carbocycles. The fourth-order valence-corrected chi connectivity index (χ4v) is 4.18. The van der Waals surface area contributed by atoms with E-state index in [2.05, 4.69) is 15.5 Å². The number of aromatic nitrogens is 4. The van der Waals surface area contributed by atoms with Gasteiger partial charge in [0.2, 0.25) is 5.91 Å². The number of nitrogens with one attached hydrogen (secondary N) is 1. The molecular weight excluding hydrogens is 476 g/mol. The van der Waals surface area contributed by atoms with Gasteiger partial charge in [0.1, 0.15) is 11.5 Å². The van der Waals surface area contributed by atoms with Gasteiger partial charge >= 0.3 is 0 Å². The van der Waals surface area contributed by atoms with Crippen LogP contribution in [0.15, 0.2) is 83.9 Å². The first-order valence-electron chi connectivity index (χ1n) is 11.5. The average Bonchev–Trinajstić information content (AvgIpc) is 3.29. The second kappa shape index (κ2) is 9.09. The summed E-state index contributed by atoms with van der Waals surface area (Å²) in [4.78, 5) is 26.4. The molecule has 0 unspecified atom stereocenters. The minimum atomic E-state index is -0.931. The molecule has 186 valence electrons. The number of rotatable bonds is 5. The molecule has 2 aromatic heterocycles. The Hall–Kier alpha value is -4.66. The van der Waals surface area contributed by atoms with Gasteiger partial charge < -0.3 is 5.32 Å². The minimum absolute atomic E-state index is 0.161. The molecule has 0 aliphatic rings. The number of nitrogens with zero attached hydrogens (tertiary/aromatic N) is 4. The van der Waals surface area contributed by atoms with E-state index in [4.69, 9.17) is 0 Å². The molecule has 0 saturated carbocycles. The number of anilines is 1. The van der Waals surface area contributed by atoms with Crippen LogP contribution in [0.2, 0.25) is 0 Å². The highest BCUT2D eigenvalue weighted by Crippen LogP contribution is 2.31. The number of fused-ring (bicyclic) bond motifs is 1. The van der Waals surface area contributed by atoms with Gasteiger partial charge in [0, 0.05) is 30.3 Å². The summed E-state index contributed by atoms with van der Waals surface area (Å²) >= 11 is 0. The van der Waals surface area contributed by atoms with Crippen LogP contribution in [0, 0.1) is 11.6 Å². The molecule has 0 fully saturated rings. The van der Waals surface area contributed by atoms with Crippen molar-refractivity contribution in [1.82, 2.24) is 19.6 Å². The third-order valence-corrected chi connectivity index (χ3v) is 6.33. The monoisotopic (exact) mass is 499 g/mol. The molecule has 0 bridgehead atoms. The maximum atomic E-state index is 14.6. The Labute approximate surface area is 211 Å². The predicted molar refractivity (Wildman–Crippen MR) is 138 cm³/mol. The van der Waals surface area contributed by atoms with Crippen molar-refractivity contribution in [2.75, 3.05) is 5.32 Å². The predicted octanol–water partition coefficient (Wildman–Crippen LogP) is 4.98. The summed E-state index contributed by atoms with van der Waals surface area (Å²) in [5.41, 5.74) is 0.722. The molecule has 5 aromatic rings. The summed E-state index contributed by atoms with van der Waals surface area (Å²) < 4.78 is 30.7. The van der Waals surface area contributed by atoms with Crippen LogP contribution in [0.4, 0.5) is 14.5 Å². The van der Waals surface area contributed by atoms with Crippen molar-refractivity contribution in [2.24, 2.45) is 7.05 Å². The number of carbonyl (C=O) groups excluding carboxylic acids is 1. The van der Waals surface area contributed by atoms with Gasteiger partial charge in [-0.2, -0.15) is 14.9 Å². The Morgan fingerprint density at radius 2 is 1.73 bits per heavy atom. The summed E-state index contributed by atoms with van der Waals surface area (Å²) in [5.74, 6) is -1.89. The number of hydrogen-bond donors (Lipinski definition) is 1. The van der Waals surface area contributed by atoms with Gasteiger partial charge in [-0.15, -0.1) is 0 Å². The second-order valence-corrected chi connectivity index (χ2v) is 9.27. The first kappa shape index (κ1) is 24.1. The highest BCUT2D eigenvalue weighted by Gasteiger charge is 2.30. The van der Waals surface area contributed by atoms with Gasteiger partial charge in [-0.3, -0.25) is 14.3 Å². The lowest BCUT2D eigenvalue weighted by Crippen LogP contribution is -2.34. The Balaban J connectivity index is 1.64. The van der Waals surface area contributed by atoms with E-state index < -0.39 is 22.6 Å². The summed E-state index contributed by atoms with van der Waals surface area (Å²) in [6.45, 7) is 3.61. The Morgan fingerprint density at radius 3 is 2.43 bits per heavy atom. The Kier molecular flexibility index (Phi) is 5.91.